The topological polar surface area (TPSA) is 18.5 Å². The van der Waals surface area contributed by atoms with E-state index in [4.69, 9.17) is 0 Å². The van der Waals surface area contributed by atoms with E-state index in [0.717, 1.165) is 0 Å². The molecule has 0 spiro atoms. The minimum atomic E-state index is -4.59. The molecule has 0 amide bonds. The third-order valence-electron chi connectivity index (χ3n) is 0.823. The van der Waals surface area contributed by atoms with Gasteiger partial charge in [0, 0.05) is 0 Å². The Hall–Kier alpha value is -0.940. The standard InChI is InChI=1S/C4H2F4O2/c1-2-9-3(5,6)4(7,8)10-2/h1H2. The van der Waals surface area contributed by atoms with Gasteiger partial charge in [-0.2, -0.15) is 17.6 Å². The van der Waals surface area contributed by atoms with Crippen molar-refractivity contribution in [3.8, 4) is 0 Å². The number of rotatable bonds is 0. The van der Waals surface area contributed by atoms with Crippen LogP contribution >= 0.6 is 0 Å². The van der Waals surface area contributed by atoms with E-state index in [1.165, 1.54) is 0 Å². The summed E-state index contributed by atoms with van der Waals surface area (Å²) in [5.41, 5.74) is 0. The molecular formula is C4H2F4O2. The molecule has 0 bridgehead atoms. The van der Waals surface area contributed by atoms with Gasteiger partial charge in [-0.3, -0.25) is 0 Å². The van der Waals surface area contributed by atoms with Gasteiger partial charge in [-0.1, -0.05) is 0 Å². The first-order valence-electron chi connectivity index (χ1n) is 2.18. The average molecular weight is 158 g/mol. The van der Waals surface area contributed by atoms with Crippen LogP contribution in [0.4, 0.5) is 17.6 Å². The molecule has 0 unspecified atom stereocenters. The molecule has 1 rings (SSSR count). The quantitative estimate of drug-likeness (QED) is 0.499. The van der Waals surface area contributed by atoms with Gasteiger partial charge in [0.25, 0.3) is 5.95 Å². The second kappa shape index (κ2) is 1.56. The Morgan fingerprint density at radius 1 is 1.00 bits per heavy atom. The zero-order valence-electron chi connectivity index (χ0n) is 4.54. The Kier molecular flexibility index (Phi) is 1.12. The van der Waals surface area contributed by atoms with Crippen molar-refractivity contribution in [2.75, 3.05) is 0 Å². The summed E-state index contributed by atoms with van der Waals surface area (Å²) in [5.74, 6) is -1.07. The van der Waals surface area contributed by atoms with E-state index in [-0.39, 0.29) is 0 Å². The van der Waals surface area contributed by atoms with E-state index in [9.17, 15) is 17.6 Å². The third-order valence-corrected chi connectivity index (χ3v) is 0.823. The van der Waals surface area contributed by atoms with Crippen LogP contribution in [0.1, 0.15) is 0 Å². The maximum atomic E-state index is 11.8. The Morgan fingerprint density at radius 2 is 1.30 bits per heavy atom. The van der Waals surface area contributed by atoms with E-state index in [1.54, 1.807) is 0 Å². The lowest BCUT2D eigenvalue weighted by Gasteiger charge is -2.10. The van der Waals surface area contributed by atoms with Crippen LogP contribution in [-0.4, -0.2) is 12.2 Å². The van der Waals surface area contributed by atoms with Crippen LogP contribution in [0.5, 0.6) is 0 Å². The van der Waals surface area contributed by atoms with Crippen molar-refractivity contribution in [2.24, 2.45) is 0 Å². The Morgan fingerprint density at radius 3 is 1.40 bits per heavy atom. The average Bonchev–Trinajstić information content (AvgIpc) is 1.73. The van der Waals surface area contributed by atoms with E-state index in [0.29, 0.717) is 0 Å². The van der Waals surface area contributed by atoms with Crippen LogP contribution in [0, 0.1) is 0 Å². The van der Waals surface area contributed by atoms with E-state index in [2.05, 4.69) is 16.1 Å². The molecule has 0 aromatic carbocycles. The monoisotopic (exact) mass is 158 g/mol. The molecule has 0 aliphatic carbocycles. The van der Waals surface area contributed by atoms with Crippen molar-refractivity contribution < 1.29 is 27.0 Å². The predicted molar refractivity (Wildman–Crippen MR) is 21.2 cm³/mol. The first kappa shape index (κ1) is 7.17. The van der Waals surface area contributed by atoms with Gasteiger partial charge in [-0.15, -0.1) is 0 Å². The van der Waals surface area contributed by atoms with E-state index < -0.39 is 18.2 Å². The van der Waals surface area contributed by atoms with Crippen molar-refractivity contribution >= 4 is 0 Å². The highest BCUT2D eigenvalue weighted by Crippen LogP contribution is 2.44. The largest absolute Gasteiger partial charge is 0.509 e. The van der Waals surface area contributed by atoms with E-state index in [1.807, 2.05) is 0 Å². The fourth-order valence-corrected chi connectivity index (χ4v) is 0.426. The Balaban J connectivity index is 2.88. The summed E-state index contributed by atoms with van der Waals surface area (Å²) in [6, 6.07) is 0. The summed E-state index contributed by atoms with van der Waals surface area (Å²) >= 11 is 0. The minimum absolute atomic E-state index is 1.07. The van der Waals surface area contributed by atoms with Crippen molar-refractivity contribution in [1.29, 1.82) is 0 Å². The molecule has 10 heavy (non-hydrogen) atoms. The highest BCUT2D eigenvalue weighted by Gasteiger charge is 2.68. The van der Waals surface area contributed by atoms with Crippen molar-refractivity contribution in [2.45, 2.75) is 12.2 Å². The summed E-state index contributed by atoms with van der Waals surface area (Å²) < 4.78 is 53.8. The second-order valence-electron chi connectivity index (χ2n) is 1.61. The third kappa shape index (κ3) is 0.795. The molecule has 0 N–H and O–H groups in total. The minimum Gasteiger partial charge on any atom is -0.393 e. The van der Waals surface area contributed by atoms with Gasteiger partial charge < -0.3 is 9.47 Å². The smallest absolute Gasteiger partial charge is 0.393 e. The molecular weight excluding hydrogens is 156 g/mol. The summed E-state index contributed by atoms with van der Waals surface area (Å²) in [5, 5.41) is 0. The molecule has 1 saturated heterocycles. The summed E-state index contributed by atoms with van der Waals surface area (Å²) in [6.07, 6.45) is -9.19. The summed E-state index contributed by atoms with van der Waals surface area (Å²) in [6.45, 7) is 2.64. The van der Waals surface area contributed by atoms with Gasteiger partial charge in [0.2, 0.25) is 0 Å². The van der Waals surface area contributed by atoms with Gasteiger partial charge in [-0.05, 0) is 6.58 Å². The molecule has 0 radical (unpaired) electrons. The molecule has 6 heteroatoms. The zero-order valence-corrected chi connectivity index (χ0v) is 4.54. The number of hydrogen-bond acceptors (Lipinski definition) is 2. The maximum Gasteiger partial charge on any atom is 0.509 e. The Bertz CT molecular complexity index is 158. The number of halogens is 4. The zero-order chi connectivity index (χ0) is 7.99. The molecule has 1 heterocycles. The fraction of sp³-hybridized carbons (Fsp3) is 0.500. The lowest BCUT2D eigenvalue weighted by molar-refractivity contribution is -0.344. The van der Waals surface area contributed by atoms with Gasteiger partial charge in [0.05, 0.1) is 0 Å². The second-order valence-corrected chi connectivity index (χ2v) is 1.61. The lowest BCUT2D eigenvalue weighted by Crippen LogP contribution is -2.36. The Labute approximate surface area is 53.0 Å². The molecule has 1 fully saturated rings. The summed E-state index contributed by atoms with van der Waals surface area (Å²) in [4.78, 5) is 0. The SMILES string of the molecule is C=C1OC(F)(F)C(F)(F)O1. The van der Waals surface area contributed by atoms with Gasteiger partial charge in [-0.25, -0.2) is 0 Å². The first-order valence-corrected chi connectivity index (χ1v) is 2.18. The van der Waals surface area contributed by atoms with Crippen LogP contribution < -0.4 is 0 Å². The number of hydrogen-bond donors (Lipinski definition) is 0. The van der Waals surface area contributed by atoms with Crippen molar-refractivity contribution in [3.05, 3.63) is 12.5 Å². The molecule has 58 valence electrons. The van der Waals surface area contributed by atoms with Gasteiger partial charge in [0.1, 0.15) is 0 Å². The summed E-state index contributed by atoms with van der Waals surface area (Å²) in [7, 11) is 0. The molecule has 2 nitrogen and oxygen atoms in total. The predicted octanol–water partition coefficient (Wildman–Crippen LogP) is 1.69. The molecule has 0 atom stereocenters. The molecule has 0 saturated carbocycles. The molecule has 1 aliphatic rings. The maximum absolute atomic E-state index is 11.8. The lowest BCUT2D eigenvalue weighted by atomic mass is 10.6. The van der Waals surface area contributed by atoms with Crippen LogP contribution in [-0.2, 0) is 9.47 Å². The van der Waals surface area contributed by atoms with Gasteiger partial charge in [0.15, 0.2) is 0 Å². The molecule has 1 aliphatic heterocycles. The fourth-order valence-electron chi connectivity index (χ4n) is 0.426. The molecule has 0 aromatic heterocycles. The highest BCUT2D eigenvalue weighted by molar-refractivity contribution is 4.86. The van der Waals surface area contributed by atoms with E-state index >= 15 is 0 Å². The number of alkyl halides is 4. The normalized spacial score (nSPS) is 27.4. The van der Waals surface area contributed by atoms with Crippen LogP contribution in [0.3, 0.4) is 0 Å². The number of ether oxygens (including phenoxy) is 2. The first-order chi connectivity index (χ1) is 4.35. The van der Waals surface area contributed by atoms with Crippen LogP contribution in [0.15, 0.2) is 12.5 Å². The molecule has 0 aromatic rings. The van der Waals surface area contributed by atoms with Crippen molar-refractivity contribution in [3.63, 3.8) is 0 Å². The van der Waals surface area contributed by atoms with Gasteiger partial charge >= 0.3 is 12.2 Å². The van der Waals surface area contributed by atoms with Crippen molar-refractivity contribution in [1.82, 2.24) is 0 Å². The highest BCUT2D eigenvalue weighted by atomic mass is 19.3. The van der Waals surface area contributed by atoms with Crippen LogP contribution in [0.25, 0.3) is 0 Å². The van der Waals surface area contributed by atoms with Crippen LogP contribution in [0.2, 0.25) is 0 Å².